The fraction of sp³-hybridized carbons (Fsp3) is 0.188. The van der Waals surface area contributed by atoms with Crippen LogP contribution in [0.2, 0.25) is 5.02 Å². The van der Waals surface area contributed by atoms with Crippen molar-refractivity contribution in [3.8, 4) is 0 Å². The Morgan fingerprint density at radius 1 is 1.27 bits per heavy atom. The number of nitrogens with zero attached hydrogens (tertiary/aromatic N) is 2. The van der Waals surface area contributed by atoms with Crippen LogP contribution in [0.5, 0.6) is 0 Å². The molecule has 0 unspecified atom stereocenters. The lowest BCUT2D eigenvalue weighted by atomic mass is 10.1. The smallest absolute Gasteiger partial charge is 0.126 e. The topological polar surface area (TPSA) is 49.3 Å². The van der Waals surface area contributed by atoms with Gasteiger partial charge in [-0.15, -0.1) is 0 Å². The number of hydrogen-bond acceptors (Lipinski definition) is 4. The number of hydrazone groups is 1. The van der Waals surface area contributed by atoms with Crippen LogP contribution in [0.3, 0.4) is 0 Å². The fourth-order valence-electron chi connectivity index (χ4n) is 1.97. The highest BCUT2D eigenvalue weighted by Gasteiger charge is 2.12. The third-order valence-electron chi connectivity index (χ3n) is 3.09. The van der Waals surface area contributed by atoms with E-state index in [-0.39, 0.29) is 0 Å². The predicted octanol–water partition coefficient (Wildman–Crippen LogP) is 3.86. The van der Waals surface area contributed by atoms with Crippen molar-refractivity contribution in [3.63, 3.8) is 0 Å². The molecule has 1 heterocycles. The van der Waals surface area contributed by atoms with Crippen molar-refractivity contribution in [2.75, 3.05) is 12.4 Å². The van der Waals surface area contributed by atoms with Crippen LogP contribution < -0.4 is 10.7 Å². The zero-order valence-corrected chi connectivity index (χ0v) is 14.0. The monoisotopic (exact) mass is 332 g/mol. The molecule has 0 aliphatic carbocycles. The third-order valence-corrected chi connectivity index (χ3v) is 3.73. The standard InChI is InChI=1S/C16H17ClN4S/c1-3-13(15-14(18-2)12(17)9-10-19-15)20-21-16(22)11-7-5-4-6-8-11/h4-10,18H,3H2,1-2H3,(H,21,22)/b20-13-. The van der Waals surface area contributed by atoms with Crippen LogP contribution in [0.4, 0.5) is 5.69 Å². The van der Waals surface area contributed by atoms with Gasteiger partial charge in [-0.05, 0) is 12.5 Å². The highest BCUT2D eigenvalue weighted by molar-refractivity contribution is 7.80. The summed E-state index contributed by atoms with van der Waals surface area (Å²) < 4.78 is 0. The van der Waals surface area contributed by atoms with E-state index < -0.39 is 0 Å². The minimum absolute atomic E-state index is 0.569. The molecule has 114 valence electrons. The molecule has 0 aliphatic heterocycles. The lowest BCUT2D eigenvalue weighted by Gasteiger charge is -2.11. The van der Waals surface area contributed by atoms with E-state index in [9.17, 15) is 0 Å². The van der Waals surface area contributed by atoms with Crippen LogP contribution in [-0.2, 0) is 0 Å². The molecular formula is C16H17ClN4S. The maximum Gasteiger partial charge on any atom is 0.126 e. The van der Waals surface area contributed by atoms with Crippen LogP contribution >= 0.6 is 23.8 Å². The van der Waals surface area contributed by atoms with Crippen molar-refractivity contribution in [1.82, 2.24) is 10.4 Å². The second-order valence-electron chi connectivity index (χ2n) is 4.49. The van der Waals surface area contributed by atoms with Crippen LogP contribution in [0.1, 0.15) is 24.6 Å². The van der Waals surface area contributed by atoms with E-state index in [0.29, 0.717) is 16.4 Å². The van der Waals surface area contributed by atoms with E-state index in [1.165, 1.54) is 0 Å². The highest BCUT2D eigenvalue weighted by Crippen LogP contribution is 2.24. The van der Waals surface area contributed by atoms with Crippen molar-refractivity contribution < 1.29 is 0 Å². The Bertz CT molecular complexity index is 686. The van der Waals surface area contributed by atoms with Gasteiger partial charge < -0.3 is 5.32 Å². The number of anilines is 1. The van der Waals surface area contributed by atoms with Crippen LogP contribution in [-0.4, -0.2) is 22.7 Å². The number of hydrogen-bond donors (Lipinski definition) is 2. The van der Waals surface area contributed by atoms with Gasteiger partial charge in [0.25, 0.3) is 0 Å². The normalized spacial score (nSPS) is 11.1. The molecule has 4 nitrogen and oxygen atoms in total. The van der Waals surface area contributed by atoms with E-state index in [4.69, 9.17) is 23.8 Å². The Morgan fingerprint density at radius 3 is 2.64 bits per heavy atom. The minimum atomic E-state index is 0.569. The fourth-order valence-corrected chi connectivity index (χ4v) is 2.39. The summed E-state index contributed by atoms with van der Waals surface area (Å²) >= 11 is 11.5. The highest BCUT2D eigenvalue weighted by atomic mass is 35.5. The number of thiocarbonyl (C=S) groups is 1. The number of aromatic nitrogens is 1. The quantitative estimate of drug-likeness (QED) is 0.496. The van der Waals surface area contributed by atoms with Crippen molar-refractivity contribution >= 4 is 40.2 Å². The average Bonchev–Trinajstić information content (AvgIpc) is 2.56. The first-order valence-electron chi connectivity index (χ1n) is 6.92. The van der Waals surface area contributed by atoms with Gasteiger partial charge >= 0.3 is 0 Å². The number of benzene rings is 1. The van der Waals surface area contributed by atoms with Gasteiger partial charge in [-0.1, -0.05) is 61.1 Å². The Balaban J connectivity index is 2.25. The molecule has 2 aromatic rings. The summed E-state index contributed by atoms with van der Waals surface area (Å²) in [5.41, 5.74) is 6.12. The average molecular weight is 333 g/mol. The number of pyridine rings is 1. The van der Waals surface area contributed by atoms with Crippen LogP contribution in [0, 0.1) is 0 Å². The maximum absolute atomic E-state index is 6.19. The molecule has 22 heavy (non-hydrogen) atoms. The lowest BCUT2D eigenvalue weighted by molar-refractivity contribution is 1.02. The Labute approximate surface area is 140 Å². The van der Waals surface area contributed by atoms with Gasteiger partial charge in [-0.3, -0.25) is 10.4 Å². The molecule has 0 atom stereocenters. The van der Waals surface area contributed by atoms with E-state index in [1.54, 1.807) is 12.3 Å². The van der Waals surface area contributed by atoms with Crippen molar-refractivity contribution in [2.45, 2.75) is 13.3 Å². The molecule has 2 N–H and O–H groups in total. The lowest BCUT2D eigenvalue weighted by Crippen LogP contribution is -2.19. The summed E-state index contributed by atoms with van der Waals surface area (Å²) in [6.45, 7) is 2.01. The van der Waals surface area contributed by atoms with Crippen LogP contribution in [0.25, 0.3) is 0 Å². The first-order valence-corrected chi connectivity index (χ1v) is 7.70. The summed E-state index contributed by atoms with van der Waals surface area (Å²) in [5.74, 6) is 0. The summed E-state index contributed by atoms with van der Waals surface area (Å²) in [6.07, 6.45) is 2.37. The zero-order valence-electron chi connectivity index (χ0n) is 12.4. The van der Waals surface area contributed by atoms with Crippen LogP contribution in [0.15, 0.2) is 47.7 Å². The molecule has 2 rings (SSSR count). The predicted molar refractivity (Wildman–Crippen MR) is 96.9 cm³/mol. The molecule has 1 aromatic heterocycles. The van der Waals surface area contributed by atoms with Crippen molar-refractivity contribution in [3.05, 3.63) is 58.9 Å². The van der Waals surface area contributed by atoms with Gasteiger partial charge in [0.2, 0.25) is 0 Å². The molecule has 0 amide bonds. The second-order valence-corrected chi connectivity index (χ2v) is 5.30. The molecule has 0 bridgehead atoms. The first-order chi connectivity index (χ1) is 10.7. The minimum Gasteiger partial charge on any atom is -0.385 e. The van der Waals surface area contributed by atoms with Gasteiger partial charge in [0.15, 0.2) is 0 Å². The van der Waals surface area contributed by atoms with Crippen molar-refractivity contribution in [2.24, 2.45) is 5.10 Å². The maximum atomic E-state index is 6.19. The van der Waals surface area contributed by atoms with Gasteiger partial charge in [0, 0.05) is 18.8 Å². The number of nitrogens with one attached hydrogen (secondary N) is 2. The second kappa shape index (κ2) is 7.87. The van der Waals surface area contributed by atoms with E-state index >= 15 is 0 Å². The number of rotatable bonds is 5. The molecule has 0 aliphatic rings. The van der Waals surface area contributed by atoms with Gasteiger partial charge in [-0.2, -0.15) is 5.10 Å². The third kappa shape index (κ3) is 3.81. The van der Waals surface area contributed by atoms with Gasteiger partial charge in [0.05, 0.1) is 16.4 Å². The molecule has 0 fully saturated rings. The van der Waals surface area contributed by atoms with Gasteiger partial charge in [-0.25, -0.2) is 0 Å². The number of halogens is 1. The molecule has 0 radical (unpaired) electrons. The molecule has 0 spiro atoms. The summed E-state index contributed by atoms with van der Waals surface area (Å²) in [5, 5.41) is 8.08. The Kier molecular flexibility index (Phi) is 5.86. The van der Waals surface area contributed by atoms with Crippen molar-refractivity contribution in [1.29, 1.82) is 0 Å². The molecular weight excluding hydrogens is 316 g/mol. The van der Waals surface area contributed by atoms with E-state index in [0.717, 1.165) is 22.7 Å². The first kappa shape index (κ1) is 16.4. The zero-order chi connectivity index (χ0) is 15.9. The molecule has 0 saturated carbocycles. The Morgan fingerprint density at radius 2 is 2.00 bits per heavy atom. The molecule has 6 heteroatoms. The van der Waals surface area contributed by atoms with E-state index in [2.05, 4.69) is 20.8 Å². The summed E-state index contributed by atoms with van der Waals surface area (Å²) in [6, 6.07) is 11.4. The van der Waals surface area contributed by atoms with E-state index in [1.807, 2.05) is 44.3 Å². The summed E-state index contributed by atoms with van der Waals surface area (Å²) in [7, 11) is 1.81. The molecule has 1 aromatic carbocycles. The van der Waals surface area contributed by atoms with Gasteiger partial charge in [0.1, 0.15) is 10.7 Å². The largest absolute Gasteiger partial charge is 0.385 e. The Hall–Kier alpha value is -1.98. The molecule has 0 saturated heterocycles. The summed E-state index contributed by atoms with van der Waals surface area (Å²) in [4.78, 5) is 4.94. The SMILES string of the molecule is CC/C(=N/NC(=S)c1ccccc1)c1nccc(Cl)c1NC.